The van der Waals surface area contributed by atoms with Crippen molar-refractivity contribution in [2.45, 2.75) is 18.6 Å². The van der Waals surface area contributed by atoms with Gasteiger partial charge in [0.2, 0.25) is 0 Å². The van der Waals surface area contributed by atoms with Crippen molar-refractivity contribution in [1.82, 2.24) is 10.2 Å². The number of rotatable bonds is 3. The fraction of sp³-hybridized carbons (Fsp3) is 0.538. The van der Waals surface area contributed by atoms with E-state index in [2.05, 4.69) is 10.1 Å². The Bertz CT molecular complexity index is 496. The number of piperazine rings is 1. The first-order valence-corrected chi connectivity index (χ1v) is 6.54. The van der Waals surface area contributed by atoms with E-state index in [-0.39, 0.29) is 18.7 Å². The average molecular weight is 328 g/mol. The minimum atomic E-state index is -4.94. The molecule has 2 rings (SSSR count). The maximum Gasteiger partial charge on any atom is 0.573 e. The summed E-state index contributed by atoms with van der Waals surface area (Å²) in [6.45, 7) is 1.11. The van der Waals surface area contributed by atoms with Crippen molar-refractivity contribution in [2.24, 2.45) is 0 Å². The normalized spacial score (nSPS) is 19.0. The minimum Gasteiger partial charge on any atom is -0.406 e. The second-order valence-electron chi connectivity index (χ2n) is 4.85. The second kappa shape index (κ2) is 6.33. The summed E-state index contributed by atoms with van der Waals surface area (Å²) in [5, 5.41) is 2.93. The maximum absolute atomic E-state index is 13.3. The Balaban J connectivity index is 2.29. The number of ether oxygens (including phenoxy) is 1. The highest BCUT2D eigenvalue weighted by Crippen LogP contribution is 2.39. The Hall–Kier alpha value is -1.48. The summed E-state index contributed by atoms with van der Waals surface area (Å²) in [7, 11) is 0. The molecule has 9 heteroatoms. The predicted molar refractivity (Wildman–Crippen MR) is 66.4 cm³/mol. The van der Waals surface area contributed by atoms with Crippen molar-refractivity contribution in [3.8, 4) is 5.75 Å². The fourth-order valence-corrected chi connectivity index (χ4v) is 2.43. The van der Waals surface area contributed by atoms with Crippen LogP contribution >= 0.6 is 0 Å². The summed E-state index contributed by atoms with van der Waals surface area (Å²) in [4.78, 5) is 1.20. The summed E-state index contributed by atoms with van der Waals surface area (Å²) in [5.41, 5.74) is -0.267. The molecule has 1 atom stereocenters. The van der Waals surface area contributed by atoms with Crippen LogP contribution in [0.2, 0.25) is 0 Å². The SMILES string of the molecule is FC(F)(F)Oc1cccc([C@H](N2CCNCC2)C(F)(F)F)c1. The Morgan fingerprint density at radius 1 is 1.05 bits per heavy atom. The standard InChI is InChI=1S/C13H14F6N2O/c14-12(15,16)11(21-6-4-20-5-7-21)9-2-1-3-10(8-9)22-13(17,18)19/h1-3,8,11,20H,4-7H2/t11-/m0/s1. The Morgan fingerprint density at radius 3 is 2.23 bits per heavy atom. The molecule has 1 aromatic rings. The molecule has 1 aliphatic heterocycles. The topological polar surface area (TPSA) is 24.5 Å². The van der Waals surface area contributed by atoms with Crippen molar-refractivity contribution in [1.29, 1.82) is 0 Å². The predicted octanol–water partition coefficient (Wildman–Crippen LogP) is 3.09. The first-order chi connectivity index (χ1) is 10.2. The van der Waals surface area contributed by atoms with E-state index >= 15 is 0 Å². The summed E-state index contributed by atoms with van der Waals surface area (Å²) in [5.74, 6) is -0.658. The van der Waals surface area contributed by atoms with E-state index in [1.54, 1.807) is 0 Å². The molecule has 1 aromatic carbocycles. The average Bonchev–Trinajstić information content (AvgIpc) is 2.37. The molecule has 0 radical (unpaired) electrons. The van der Waals surface area contributed by atoms with Gasteiger partial charge in [0, 0.05) is 26.2 Å². The summed E-state index contributed by atoms with van der Waals surface area (Å²) < 4.78 is 80.3. The molecule has 1 heterocycles. The third-order valence-corrected chi connectivity index (χ3v) is 3.23. The lowest BCUT2D eigenvalue weighted by atomic mass is 10.0. The van der Waals surface area contributed by atoms with Crippen LogP contribution in [0.5, 0.6) is 5.75 Å². The Morgan fingerprint density at radius 2 is 1.68 bits per heavy atom. The van der Waals surface area contributed by atoms with Crippen molar-refractivity contribution >= 4 is 0 Å². The Labute approximate surface area is 122 Å². The van der Waals surface area contributed by atoms with E-state index in [1.165, 1.54) is 4.90 Å². The van der Waals surface area contributed by atoms with Gasteiger partial charge < -0.3 is 10.1 Å². The van der Waals surface area contributed by atoms with Crippen LogP contribution in [0.25, 0.3) is 0 Å². The van der Waals surface area contributed by atoms with Gasteiger partial charge in [-0.15, -0.1) is 13.2 Å². The van der Waals surface area contributed by atoms with Gasteiger partial charge >= 0.3 is 12.5 Å². The van der Waals surface area contributed by atoms with Crippen LogP contribution in [0.15, 0.2) is 24.3 Å². The second-order valence-corrected chi connectivity index (χ2v) is 4.85. The van der Waals surface area contributed by atoms with Crippen molar-refractivity contribution in [3.63, 3.8) is 0 Å². The molecule has 0 saturated carbocycles. The molecular weight excluding hydrogens is 314 g/mol. The van der Waals surface area contributed by atoms with Crippen LogP contribution < -0.4 is 10.1 Å². The van der Waals surface area contributed by atoms with Gasteiger partial charge in [0.25, 0.3) is 0 Å². The molecule has 1 saturated heterocycles. The largest absolute Gasteiger partial charge is 0.573 e. The molecule has 1 aliphatic rings. The van der Waals surface area contributed by atoms with Crippen LogP contribution in [0, 0.1) is 0 Å². The molecule has 0 aromatic heterocycles. The quantitative estimate of drug-likeness (QED) is 0.863. The summed E-state index contributed by atoms with van der Waals surface area (Å²) >= 11 is 0. The van der Waals surface area contributed by atoms with Gasteiger partial charge in [0.15, 0.2) is 0 Å². The Kier molecular flexibility index (Phi) is 4.86. The fourth-order valence-electron chi connectivity index (χ4n) is 2.43. The smallest absolute Gasteiger partial charge is 0.406 e. The van der Waals surface area contributed by atoms with Gasteiger partial charge in [-0.25, -0.2) is 0 Å². The van der Waals surface area contributed by atoms with Gasteiger partial charge in [0.1, 0.15) is 11.8 Å². The molecule has 0 unspecified atom stereocenters. The number of nitrogens with zero attached hydrogens (tertiary/aromatic N) is 1. The first kappa shape index (κ1) is 16.9. The van der Waals surface area contributed by atoms with Gasteiger partial charge in [-0.2, -0.15) is 13.2 Å². The highest BCUT2D eigenvalue weighted by atomic mass is 19.4. The summed E-state index contributed by atoms with van der Waals surface area (Å²) in [6.07, 6.45) is -9.53. The summed E-state index contributed by atoms with van der Waals surface area (Å²) in [6, 6.07) is 2.09. The highest BCUT2D eigenvalue weighted by Gasteiger charge is 2.45. The first-order valence-electron chi connectivity index (χ1n) is 6.54. The third-order valence-electron chi connectivity index (χ3n) is 3.23. The van der Waals surface area contributed by atoms with E-state index in [9.17, 15) is 26.3 Å². The molecule has 0 aliphatic carbocycles. The van der Waals surface area contributed by atoms with Gasteiger partial charge in [-0.3, -0.25) is 4.90 Å². The number of hydrogen-bond acceptors (Lipinski definition) is 3. The molecule has 0 bridgehead atoms. The van der Waals surface area contributed by atoms with E-state index in [4.69, 9.17) is 0 Å². The van der Waals surface area contributed by atoms with Crippen LogP contribution in [-0.2, 0) is 0 Å². The van der Waals surface area contributed by atoms with Crippen LogP contribution in [-0.4, -0.2) is 43.6 Å². The zero-order valence-corrected chi connectivity index (χ0v) is 11.3. The van der Waals surface area contributed by atoms with E-state index < -0.39 is 24.3 Å². The van der Waals surface area contributed by atoms with Crippen molar-refractivity contribution in [3.05, 3.63) is 29.8 Å². The third kappa shape index (κ3) is 4.51. The van der Waals surface area contributed by atoms with Crippen molar-refractivity contribution < 1.29 is 31.1 Å². The molecule has 0 amide bonds. The monoisotopic (exact) mass is 328 g/mol. The van der Waals surface area contributed by atoms with Crippen LogP contribution in [0.4, 0.5) is 26.3 Å². The maximum atomic E-state index is 13.3. The van der Waals surface area contributed by atoms with Gasteiger partial charge in [0.05, 0.1) is 0 Å². The van der Waals surface area contributed by atoms with Crippen LogP contribution in [0.3, 0.4) is 0 Å². The number of nitrogens with one attached hydrogen (secondary N) is 1. The number of benzene rings is 1. The molecule has 22 heavy (non-hydrogen) atoms. The number of halogens is 6. The number of alkyl halides is 6. The molecular formula is C13H14F6N2O. The van der Waals surface area contributed by atoms with Gasteiger partial charge in [-0.1, -0.05) is 12.1 Å². The molecule has 1 N–H and O–H groups in total. The molecule has 1 fully saturated rings. The number of hydrogen-bond donors (Lipinski definition) is 1. The molecule has 3 nitrogen and oxygen atoms in total. The molecule has 0 spiro atoms. The zero-order valence-electron chi connectivity index (χ0n) is 11.3. The van der Waals surface area contributed by atoms with E-state index in [0.717, 1.165) is 24.3 Å². The highest BCUT2D eigenvalue weighted by molar-refractivity contribution is 5.31. The lowest BCUT2D eigenvalue weighted by molar-refractivity contribution is -0.274. The molecule has 124 valence electrons. The zero-order chi connectivity index (χ0) is 16.4. The lowest BCUT2D eigenvalue weighted by Crippen LogP contribution is -2.49. The lowest BCUT2D eigenvalue weighted by Gasteiger charge is -2.36. The minimum absolute atomic E-state index is 0.161. The van der Waals surface area contributed by atoms with E-state index in [1.807, 2.05) is 0 Å². The van der Waals surface area contributed by atoms with Crippen LogP contribution in [0.1, 0.15) is 11.6 Å². The van der Waals surface area contributed by atoms with Gasteiger partial charge in [-0.05, 0) is 17.7 Å². The van der Waals surface area contributed by atoms with E-state index in [0.29, 0.717) is 13.1 Å². The van der Waals surface area contributed by atoms with Crippen molar-refractivity contribution in [2.75, 3.05) is 26.2 Å².